The quantitative estimate of drug-likeness (QED) is 0.634. The van der Waals surface area contributed by atoms with Crippen LogP contribution < -0.4 is 0 Å². The van der Waals surface area contributed by atoms with Crippen molar-refractivity contribution in [3.05, 3.63) is 52.3 Å². The van der Waals surface area contributed by atoms with Crippen molar-refractivity contribution in [1.82, 2.24) is 9.78 Å². The Hall–Kier alpha value is -2.23. The number of hydrogen-bond donors (Lipinski definition) is 0. The molecule has 0 aliphatic rings. The molecule has 4 nitrogen and oxygen atoms in total. The van der Waals surface area contributed by atoms with E-state index >= 15 is 0 Å². The van der Waals surface area contributed by atoms with Gasteiger partial charge in [-0.25, -0.2) is 0 Å². The zero-order valence-corrected chi connectivity index (χ0v) is 12.2. The number of benzene rings is 1. The van der Waals surface area contributed by atoms with Crippen molar-refractivity contribution >= 4 is 11.6 Å². The first-order valence-electron chi connectivity index (χ1n) is 6.52. The highest BCUT2D eigenvalue weighted by Crippen LogP contribution is 2.15. The molecule has 1 heterocycles. The van der Waals surface area contributed by atoms with Gasteiger partial charge in [-0.1, -0.05) is 17.7 Å². The van der Waals surface area contributed by atoms with Crippen LogP contribution in [0.4, 0.5) is 0 Å². The first kappa shape index (κ1) is 14.2. The highest BCUT2D eigenvalue weighted by atomic mass is 16.1. The van der Waals surface area contributed by atoms with Crippen LogP contribution in [0.3, 0.4) is 0 Å². The van der Waals surface area contributed by atoms with E-state index in [0.717, 1.165) is 11.1 Å². The van der Waals surface area contributed by atoms with Crippen LogP contribution in [0, 0.1) is 20.8 Å². The summed E-state index contributed by atoms with van der Waals surface area (Å²) in [5.41, 5.74) is 3.72. The number of Topliss-reactive ketones (excluding diaryl/α,β-unsaturated/α-hetero) is 2. The third-order valence-electron chi connectivity index (χ3n) is 3.33. The third kappa shape index (κ3) is 2.85. The number of ketones is 2. The van der Waals surface area contributed by atoms with Gasteiger partial charge in [0.25, 0.3) is 0 Å². The van der Waals surface area contributed by atoms with Gasteiger partial charge in [-0.05, 0) is 32.4 Å². The smallest absolute Gasteiger partial charge is 0.174 e. The van der Waals surface area contributed by atoms with Gasteiger partial charge < -0.3 is 0 Å². The van der Waals surface area contributed by atoms with E-state index in [2.05, 4.69) is 5.10 Å². The maximum atomic E-state index is 12.3. The molecule has 0 aliphatic carbocycles. The molecule has 0 fully saturated rings. The van der Waals surface area contributed by atoms with Crippen molar-refractivity contribution in [1.29, 1.82) is 0 Å². The van der Waals surface area contributed by atoms with Crippen LogP contribution >= 0.6 is 0 Å². The van der Waals surface area contributed by atoms with Gasteiger partial charge in [0, 0.05) is 18.8 Å². The van der Waals surface area contributed by atoms with Crippen LogP contribution in [-0.4, -0.2) is 21.3 Å². The number of nitrogens with zero attached hydrogens (tertiary/aromatic N) is 2. The molecule has 4 heteroatoms. The summed E-state index contributed by atoms with van der Waals surface area (Å²) in [5, 5.41) is 4.13. The Bertz CT molecular complexity index is 684. The van der Waals surface area contributed by atoms with Gasteiger partial charge in [-0.2, -0.15) is 5.10 Å². The fourth-order valence-electron chi connectivity index (χ4n) is 2.25. The third-order valence-corrected chi connectivity index (χ3v) is 3.33. The topological polar surface area (TPSA) is 52.0 Å². The second kappa shape index (κ2) is 5.41. The van der Waals surface area contributed by atoms with Gasteiger partial charge in [-0.15, -0.1) is 0 Å². The second-order valence-corrected chi connectivity index (χ2v) is 5.14. The molecule has 20 heavy (non-hydrogen) atoms. The normalized spacial score (nSPS) is 10.6. The lowest BCUT2D eigenvalue weighted by Crippen LogP contribution is -2.10. The van der Waals surface area contributed by atoms with E-state index in [1.165, 1.54) is 0 Å². The van der Waals surface area contributed by atoms with Crippen molar-refractivity contribution < 1.29 is 9.59 Å². The first-order chi connectivity index (χ1) is 9.38. The summed E-state index contributed by atoms with van der Waals surface area (Å²) in [4.78, 5) is 24.5. The molecule has 2 rings (SSSR count). The van der Waals surface area contributed by atoms with Gasteiger partial charge in [-0.3, -0.25) is 14.3 Å². The van der Waals surface area contributed by atoms with Gasteiger partial charge in [0.1, 0.15) is 0 Å². The number of aryl methyl sites for hydroxylation is 4. The van der Waals surface area contributed by atoms with E-state index in [0.29, 0.717) is 16.8 Å². The molecule has 0 atom stereocenters. The first-order valence-corrected chi connectivity index (χ1v) is 6.52. The molecule has 2 aromatic rings. The Morgan fingerprint density at radius 1 is 1.10 bits per heavy atom. The fraction of sp³-hybridized carbons (Fsp3) is 0.312. The fourth-order valence-corrected chi connectivity index (χ4v) is 2.25. The Kier molecular flexibility index (Phi) is 3.84. The number of carbonyl (C=O) groups excluding carboxylic acids is 2. The summed E-state index contributed by atoms with van der Waals surface area (Å²) in [6, 6.07) is 5.70. The zero-order valence-electron chi connectivity index (χ0n) is 12.2. The molecule has 104 valence electrons. The number of aromatic nitrogens is 2. The molecule has 0 saturated heterocycles. The van der Waals surface area contributed by atoms with Crippen LogP contribution in [0.2, 0.25) is 0 Å². The summed E-state index contributed by atoms with van der Waals surface area (Å²) >= 11 is 0. The molecule has 0 aliphatic heterocycles. The van der Waals surface area contributed by atoms with Gasteiger partial charge in [0.05, 0.1) is 17.7 Å². The lowest BCUT2D eigenvalue weighted by Gasteiger charge is -2.05. The summed E-state index contributed by atoms with van der Waals surface area (Å²) in [7, 11) is 1.76. The largest absolute Gasteiger partial charge is 0.294 e. The minimum absolute atomic E-state index is 0.114. The summed E-state index contributed by atoms with van der Waals surface area (Å²) < 4.78 is 1.59. The average Bonchev–Trinajstić information content (AvgIpc) is 2.71. The zero-order chi connectivity index (χ0) is 14.9. The van der Waals surface area contributed by atoms with Crippen LogP contribution in [0.25, 0.3) is 0 Å². The molecular formula is C16H18N2O2. The number of hydrogen-bond acceptors (Lipinski definition) is 3. The van der Waals surface area contributed by atoms with Crippen LogP contribution in [0.1, 0.15) is 44.0 Å². The van der Waals surface area contributed by atoms with E-state index in [4.69, 9.17) is 0 Å². The van der Waals surface area contributed by atoms with Crippen molar-refractivity contribution in [2.75, 3.05) is 0 Å². The predicted molar refractivity (Wildman–Crippen MR) is 77.1 cm³/mol. The van der Waals surface area contributed by atoms with Crippen molar-refractivity contribution in [2.24, 2.45) is 7.05 Å². The van der Waals surface area contributed by atoms with Crippen molar-refractivity contribution in [2.45, 2.75) is 27.2 Å². The average molecular weight is 270 g/mol. The summed E-state index contributed by atoms with van der Waals surface area (Å²) in [5.74, 6) is -0.319. The van der Waals surface area contributed by atoms with Gasteiger partial charge in [0.15, 0.2) is 11.6 Å². The highest BCUT2D eigenvalue weighted by molar-refractivity contribution is 6.14. The maximum absolute atomic E-state index is 12.3. The lowest BCUT2D eigenvalue weighted by atomic mass is 9.97. The molecule has 0 amide bonds. The predicted octanol–water partition coefficient (Wildman–Crippen LogP) is 2.80. The van der Waals surface area contributed by atoms with Crippen molar-refractivity contribution in [3.63, 3.8) is 0 Å². The molecule has 1 aromatic heterocycles. The van der Waals surface area contributed by atoms with E-state index in [9.17, 15) is 9.59 Å². The van der Waals surface area contributed by atoms with Crippen LogP contribution in [0.15, 0.2) is 24.4 Å². The molecule has 0 bridgehead atoms. The van der Waals surface area contributed by atoms with E-state index in [-0.39, 0.29) is 18.0 Å². The molecule has 0 spiro atoms. The minimum atomic E-state index is -0.179. The number of rotatable bonds is 4. The summed E-state index contributed by atoms with van der Waals surface area (Å²) in [6.07, 6.45) is 1.55. The number of carbonyl (C=O) groups is 2. The standard InChI is InChI=1S/C16H18N2O2/c1-10-5-6-11(2)13(7-10)15(19)8-16(20)14-9-18(4)17-12(14)3/h5-7,9H,8H2,1-4H3. The van der Waals surface area contributed by atoms with Gasteiger partial charge >= 0.3 is 0 Å². The molecule has 0 saturated carbocycles. The minimum Gasteiger partial charge on any atom is -0.294 e. The Morgan fingerprint density at radius 3 is 2.35 bits per heavy atom. The second-order valence-electron chi connectivity index (χ2n) is 5.14. The van der Waals surface area contributed by atoms with E-state index < -0.39 is 0 Å². The maximum Gasteiger partial charge on any atom is 0.174 e. The monoisotopic (exact) mass is 270 g/mol. The SMILES string of the molecule is Cc1ccc(C)c(C(=O)CC(=O)c2cn(C)nc2C)c1. The van der Waals surface area contributed by atoms with Gasteiger partial charge in [0.2, 0.25) is 0 Å². The summed E-state index contributed by atoms with van der Waals surface area (Å²) in [6.45, 7) is 5.59. The highest BCUT2D eigenvalue weighted by Gasteiger charge is 2.18. The Balaban J connectivity index is 2.21. The lowest BCUT2D eigenvalue weighted by molar-refractivity contribution is 0.0893. The molecule has 1 aromatic carbocycles. The Morgan fingerprint density at radius 2 is 1.75 bits per heavy atom. The Labute approximate surface area is 118 Å². The molecule has 0 unspecified atom stereocenters. The van der Waals surface area contributed by atoms with Crippen LogP contribution in [0.5, 0.6) is 0 Å². The molecular weight excluding hydrogens is 252 g/mol. The van der Waals surface area contributed by atoms with E-state index in [1.54, 1.807) is 24.9 Å². The van der Waals surface area contributed by atoms with E-state index in [1.807, 2.05) is 32.0 Å². The molecule has 0 radical (unpaired) electrons. The molecule has 0 N–H and O–H groups in total. The van der Waals surface area contributed by atoms with Crippen LogP contribution in [-0.2, 0) is 7.05 Å². The van der Waals surface area contributed by atoms with Crippen molar-refractivity contribution in [3.8, 4) is 0 Å².